The number of hydrogen-bond donors (Lipinski definition) is 0. The number of halogens is 4. The van der Waals surface area contributed by atoms with Gasteiger partial charge in [0.25, 0.3) is 5.56 Å². The topological polar surface area (TPSA) is 34.9 Å². The van der Waals surface area contributed by atoms with Crippen LogP contribution in [-0.4, -0.2) is 9.55 Å². The Morgan fingerprint density at radius 3 is 2.40 bits per heavy atom. The maximum atomic E-state index is 13.5. The molecule has 0 aliphatic carbocycles. The van der Waals surface area contributed by atoms with Crippen molar-refractivity contribution in [1.82, 2.24) is 9.55 Å². The van der Waals surface area contributed by atoms with Gasteiger partial charge in [-0.15, -0.1) is 0 Å². The number of rotatable bonds is 2. The maximum Gasteiger partial charge on any atom is 0.418 e. The van der Waals surface area contributed by atoms with Gasteiger partial charge in [0.1, 0.15) is 0 Å². The Kier molecular flexibility index (Phi) is 4.10. The van der Waals surface area contributed by atoms with Crippen LogP contribution in [0.2, 0.25) is 0 Å². The van der Waals surface area contributed by atoms with Gasteiger partial charge in [0.15, 0.2) is 0 Å². The number of nitrogens with zero attached hydrogens (tertiary/aromatic N) is 2. The second-order valence-electron chi connectivity index (χ2n) is 5.96. The van der Waals surface area contributed by atoms with Crippen molar-refractivity contribution in [3.63, 3.8) is 0 Å². The molecule has 0 unspecified atom stereocenters. The van der Waals surface area contributed by atoms with Gasteiger partial charge in [-0.3, -0.25) is 9.36 Å². The van der Waals surface area contributed by atoms with E-state index < -0.39 is 23.2 Å². The molecule has 2 aromatic heterocycles. The Labute approximate surface area is 140 Å². The van der Waals surface area contributed by atoms with Gasteiger partial charge in [-0.25, -0.2) is 4.98 Å². The molecule has 0 amide bonds. The maximum absolute atomic E-state index is 13.5. The molecule has 25 heavy (non-hydrogen) atoms. The number of benzene rings is 1. The van der Waals surface area contributed by atoms with Crippen LogP contribution in [0.4, 0.5) is 17.6 Å². The first-order chi connectivity index (χ1) is 11.7. The van der Waals surface area contributed by atoms with Crippen LogP contribution in [0, 0.1) is 5.95 Å². The number of hydrogen-bond acceptors (Lipinski definition) is 2. The molecule has 2 heterocycles. The minimum Gasteiger partial charge on any atom is -0.283 e. The first-order valence-electron chi connectivity index (χ1n) is 7.58. The molecule has 130 valence electrons. The van der Waals surface area contributed by atoms with E-state index in [0.29, 0.717) is 5.56 Å². The minimum absolute atomic E-state index is 0.0737. The molecule has 3 nitrogen and oxygen atoms in total. The number of pyridine rings is 2. The number of para-hydroxylation sites is 1. The highest BCUT2D eigenvalue weighted by Gasteiger charge is 2.34. The van der Waals surface area contributed by atoms with E-state index in [1.807, 2.05) is 0 Å². The average molecular weight is 350 g/mol. The van der Waals surface area contributed by atoms with Crippen LogP contribution in [-0.2, 0) is 6.18 Å². The van der Waals surface area contributed by atoms with E-state index in [0.717, 1.165) is 16.7 Å². The Bertz CT molecular complexity index is 1010. The summed E-state index contributed by atoms with van der Waals surface area (Å²) in [6.07, 6.45) is -3.30. The van der Waals surface area contributed by atoms with Gasteiger partial charge in [-0.05, 0) is 35.7 Å². The first kappa shape index (κ1) is 17.1. The second-order valence-corrected chi connectivity index (χ2v) is 5.96. The van der Waals surface area contributed by atoms with Crippen molar-refractivity contribution in [2.45, 2.75) is 25.9 Å². The molecule has 0 spiro atoms. The van der Waals surface area contributed by atoms with Gasteiger partial charge in [0.2, 0.25) is 5.95 Å². The smallest absolute Gasteiger partial charge is 0.283 e. The first-order valence-corrected chi connectivity index (χ1v) is 7.58. The number of fused-ring (bicyclic) bond motifs is 1. The third kappa shape index (κ3) is 3.01. The summed E-state index contributed by atoms with van der Waals surface area (Å²) in [5.74, 6) is -0.913. The quantitative estimate of drug-likeness (QED) is 0.497. The number of alkyl halides is 3. The van der Waals surface area contributed by atoms with E-state index in [2.05, 4.69) is 4.98 Å². The Balaban J connectivity index is 2.42. The predicted molar refractivity (Wildman–Crippen MR) is 86.4 cm³/mol. The fourth-order valence-corrected chi connectivity index (χ4v) is 2.74. The lowest BCUT2D eigenvalue weighted by Gasteiger charge is -2.17. The number of aromatic nitrogens is 2. The zero-order chi connectivity index (χ0) is 18.4. The SMILES string of the molecule is CC(C)c1cn(-c2ccccc2C(F)(F)F)c(=O)c2ccc(F)nc12. The summed E-state index contributed by atoms with van der Waals surface area (Å²) < 4.78 is 54.4. The summed E-state index contributed by atoms with van der Waals surface area (Å²) in [4.78, 5) is 16.5. The highest BCUT2D eigenvalue weighted by Crippen LogP contribution is 2.34. The van der Waals surface area contributed by atoms with Crippen molar-refractivity contribution >= 4 is 10.9 Å². The molecule has 0 bridgehead atoms. The summed E-state index contributed by atoms with van der Waals surface area (Å²) in [5.41, 5.74) is -1.20. The van der Waals surface area contributed by atoms with E-state index in [9.17, 15) is 22.4 Å². The standard InChI is InChI=1S/C18H14F4N2O/c1-10(2)12-9-24(14-6-4-3-5-13(14)18(20,21)22)17(25)11-7-8-15(19)23-16(11)12/h3-10H,1-2H3. The molecule has 0 N–H and O–H groups in total. The van der Waals surface area contributed by atoms with Crippen LogP contribution in [0.5, 0.6) is 0 Å². The fourth-order valence-electron chi connectivity index (χ4n) is 2.74. The van der Waals surface area contributed by atoms with E-state index in [1.165, 1.54) is 30.5 Å². The molecule has 3 rings (SSSR count). The van der Waals surface area contributed by atoms with Gasteiger partial charge in [0.05, 0.1) is 22.2 Å². The molecule has 3 aromatic rings. The van der Waals surface area contributed by atoms with E-state index in [4.69, 9.17) is 0 Å². The highest BCUT2D eigenvalue weighted by atomic mass is 19.4. The van der Waals surface area contributed by atoms with Crippen molar-refractivity contribution in [1.29, 1.82) is 0 Å². The van der Waals surface area contributed by atoms with E-state index in [-0.39, 0.29) is 22.5 Å². The third-order valence-corrected chi connectivity index (χ3v) is 3.94. The largest absolute Gasteiger partial charge is 0.418 e. The van der Waals surface area contributed by atoms with Gasteiger partial charge >= 0.3 is 6.18 Å². The van der Waals surface area contributed by atoms with Crippen molar-refractivity contribution in [2.75, 3.05) is 0 Å². The minimum atomic E-state index is -4.61. The zero-order valence-corrected chi connectivity index (χ0v) is 13.4. The fraction of sp³-hybridized carbons (Fsp3) is 0.222. The van der Waals surface area contributed by atoms with Gasteiger partial charge < -0.3 is 0 Å². The van der Waals surface area contributed by atoms with Gasteiger partial charge in [-0.2, -0.15) is 17.6 Å². The molecular formula is C18H14F4N2O. The predicted octanol–water partition coefficient (Wildman–Crippen LogP) is 4.67. The van der Waals surface area contributed by atoms with Crippen LogP contribution in [0.1, 0.15) is 30.9 Å². The Morgan fingerprint density at radius 2 is 1.76 bits per heavy atom. The lowest BCUT2D eigenvalue weighted by Crippen LogP contribution is -2.23. The van der Waals surface area contributed by atoms with Gasteiger partial charge in [0, 0.05) is 6.20 Å². The molecular weight excluding hydrogens is 336 g/mol. The van der Waals surface area contributed by atoms with Crippen LogP contribution in [0.15, 0.2) is 47.4 Å². The summed E-state index contributed by atoms with van der Waals surface area (Å²) >= 11 is 0. The second kappa shape index (κ2) is 5.98. The molecule has 0 radical (unpaired) electrons. The summed E-state index contributed by atoms with van der Waals surface area (Å²) in [7, 11) is 0. The zero-order valence-electron chi connectivity index (χ0n) is 13.4. The lowest BCUT2D eigenvalue weighted by atomic mass is 10.0. The monoisotopic (exact) mass is 350 g/mol. The summed E-state index contributed by atoms with van der Waals surface area (Å²) in [6, 6.07) is 7.12. The van der Waals surface area contributed by atoms with Crippen LogP contribution >= 0.6 is 0 Å². The molecule has 1 aromatic carbocycles. The van der Waals surface area contributed by atoms with Crippen molar-refractivity contribution in [3.8, 4) is 5.69 Å². The van der Waals surface area contributed by atoms with Crippen LogP contribution in [0.25, 0.3) is 16.6 Å². The van der Waals surface area contributed by atoms with Crippen molar-refractivity contribution in [2.24, 2.45) is 0 Å². The highest BCUT2D eigenvalue weighted by molar-refractivity contribution is 5.81. The Hall–Kier alpha value is -2.70. The van der Waals surface area contributed by atoms with Crippen molar-refractivity contribution in [3.05, 3.63) is 70.0 Å². The molecule has 0 aliphatic heterocycles. The molecule has 0 fully saturated rings. The van der Waals surface area contributed by atoms with E-state index >= 15 is 0 Å². The molecule has 7 heteroatoms. The molecule has 0 atom stereocenters. The van der Waals surface area contributed by atoms with E-state index in [1.54, 1.807) is 13.8 Å². The third-order valence-electron chi connectivity index (χ3n) is 3.94. The molecule has 0 aliphatic rings. The van der Waals surface area contributed by atoms with Crippen LogP contribution in [0.3, 0.4) is 0 Å². The summed E-state index contributed by atoms with van der Waals surface area (Å²) in [5, 5.41) is 0.0737. The lowest BCUT2D eigenvalue weighted by molar-refractivity contribution is -0.137. The van der Waals surface area contributed by atoms with Gasteiger partial charge in [-0.1, -0.05) is 26.0 Å². The normalized spacial score (nSPS) is 12.1. The Morgan fingerprint density at radius 1 is 1.08 bits per heavy atom. The van der Waals surface area contributed by atoms with Crippen molar-refractivity contribution < 1.29 is 17.6 Å². The molecule has 0 saturated heterocycles. The molecule has 0 saturated carbocycles. The average Bonchev–Trinajstić information content (AvgIpc) is 2.54. The van der Waals surface area contributed by atoms with Crippen LogP contribution < -0.4 is 5.56 Å². The summed E-state index contributed by atoms with van der Waals surface area (Å²) in [6.45, 7) is 3.59.